The molecule has 0 aromatic heterocycles. The molecule has 4 atom stereocenters. The van der Waals surface area contributed by atoms with Crippen molar-refractivity contribution in [3.63, 3.8) is 0 Å². The third kappa shape index (κ3) is 1.08. The first-order valence-electron chi connectivity index (χ1n) is 6.14. The molecule has 0 radical (unpaired) electrons. The first-order chi connectivity index (χ1) is 7.28. The van der Waals surface area contributed by atoms with Crippen molar-refractivity contribution in [3.8, 4) is 0 Å². The predicted molar refractivity (Wildman–Crippen MR) is 57.1 cm³/mol. The molecule has 3 aliphatic rings. The van der Waals surface area contributed by atoms with Gasteiger partial charge in [-0.1, -0.05) is 18.6 Å². The largest absolute Gasteiger partial charge is 0.465 e. The van der Waals surface area contributed by atoms with E-state index in [1.165, 1.54) is 19.3 Å². The second-order valence-corrected chi connectivity index (χ2v) is 5.19. The van der Waals surface area contributed by atoms with Crippen molar-refractivity contribution < 1.29 is 9.53 Å². The minimum Gasteiger partial charge on any atom is -0.465 e. The van der Waals surface area contributed by atoms with E-state index < -0.39 is 0 Å². The van der Waals surface area contributed by atoms with Crippen LogP contribution >= 0.6 is 0 Å². The van der Waals surface area contributed by atoms with Gasteiger partial charge in [0.15, 0.2) is 0 Å². The van der Waals surface area contributed by atoms with Crippen LogP contribution < -0.4 is 0 Å². The Hall–Kier alpha value is -0.790. The Morgan fingerprint density at radius 3 is 3.20 bits per heavy atom. The van der Waals surface area contributed by atoms with Crippen LogP contribution in [0.1, 0.15) is 32.6 Å². The van der Waals surface area contributed by atoms with Gasteiger partial charge in [0.25, 0.3) is 0 Å². The molecule has 0 aliphatic heterocycles. The quantitative estimate of drug-likeness (QED) is 0.512. The van der Waals surface area contributed by atoms with Gasteiger partial charge in [-0.25, -0.2) is 0 Å². The van der Waals surface area contributed by atoms with E-state index in [-0.39, 0.29) is 11.4 Å². The first-order valence-corrected chi connectivity index (χ1v) is 6.14. The summed E-state index contributed by atoms with van der Waals surface area (Å²) in [5.41, 5.74) is -0.220. The normalized spacial score (nSPS) is 45.8. The number of hydrogen-bond acceptors (Lipinski definition) is 2. The number of ether oxygens (including phenoxy) is 1. The molecule has 0 saturated heterocycles. The van der Waals surface area contributed by atoms with E-state index in [0.29, 0.717) is 18.4 Å². The average molecular weight is 206 g/mol. The molecule has 2 nitrogen and oxygen atoms in total. The van der Waals surface area contributed by atoms with Gasteiger partial charge in [0.1, 0.15) is 0 Å². The lowest BCUT2D eigenvalue weighted by Gasteiger charge is -2.30. The van der Waals surface area contributed by atoms with Crippen LogP contribution in [0.4, 0.5) is 0 Å². The van der Waals surface area contributed by atoms with Crippen LogP contribution in [0.15, 0.2) is 12.2 Å². The number of fused-ring (bicyclic) bond motifs is 5. The average Bonchev–Trinajstić information content (AvgIpc) is 2.91. The zero-order chi connectivity index (χ0) is 10.5. The lowest BCUT2D eigenvalue weighted by Crippen LogP contribution is -2.35. The molecule has 15 heavy (non-hydrogen) atoms. The smallest absolute Gasteiger partial charge is 0.316 e. The monoisotopic (exact) mass is 206 g/mol. The summed E-state index contributed by atoms with van der Waals surface area (Å²) in [7, 11) is 0. The Morgan fingerprint density at radius 1 is 1.53 bits per heavy atom. The van der Waals surface area contributed by atoms with E-state index in [0.717, 1.165) is 12.3 Å². The number of rotatable bonds is 2. The molecule has 0 heterocycles. The van der Waals surface area contributed by atoms with Crippen molar-refractivity contribution in [2.45, 2.75) is 32.6 Å². The fourth-order valence-electron chi connectivity index (χ4n) is 4.10. The zero-order valence-corrected chi connectivity index (χ0v) is 9.24. The third-order valence-electron chi connectivity index (χ3n) is 4.65. The van der Waals surface area contributed by atoms with Gasteiger partial charge in [-0.3, -0.25) is 4.79 Å². The summed E-state index contributed by atoms with van der Waals surface area (Å²) in [6, 6.07) is 0. The highest BCUT2D eigenvalue weighted by Crippen LogP contribution is 2.62. The molecule has 0 amide bonds. The van der Waals surface area contributed by atoms with E-state index >= 15 is 0 Å². The summed E-state index contributed by atoms with van der Waals surface area (Å²) in [5.74, 6) is 2.08. The van der Waals surface area contributed by atoms with Crippen molar-refractivity contribution in [3.05, 3.63) is 12.2 Å². The van der Waals surface area contributed by atoms with Crippen molar-refractivity contribution in [2.75, 3.05) is 6.61 Å². The summed E-state index contributed by atoms with van der Waals surface area (Å²) < 4.78 is 5.26. The second kappa shape index (κ2) is 3.10. The molecule has 3 rings (SSSR count). The molecule has 3 aliphatic carbocycles. The van der Waals surface area contributed by atoms with Gasteiger partial charge >= 0.3 is 5.97 Å². The Bertz CT molecular complexity index is 320. The van der Waals surface area contributed by atoms with Gasteiger partial charge in [0.2, 0.25) is 0 Å². The van der Waals surface area contributed by atoms with Crippen molar-refractivity contribution in [2.24, 2.45) is 23.2 Å². The number of carbonyl (C=O) groups is 1. The highest BCUT2D eigenvalue weighted by molar-refractivity contribution is 5.81. The maximum Gasteiger partial charge on any atom is 0.316 e. The number of allylic oxidation sites excluding steroid dienone is 1. The maximum atomic E-state index is 12.1. The van der Waals surface area contributed by atoms with Gasteiger partial charge < -0.3 is 4.74 Å². The zero-order valence-electron chi connectivity index (χ0n) is 9.24. The summed E-state index contributed by atoms with van der Waals surface area (Å²) >= 11 is 0. The predicted octanol–water partition coefficient (Wildman–Crippen LogP) is 2.54. The Kier molecular flexibility index (Phi) is 1.95. The van der Waals surface area contributed by atoms with Gasteiger partial charge in [0, 0.05) is 0 Å². The Morgan fingerprint density at radius 2 is 2.40 bits per heavy atom. The highest BCUT2D eigenvalue weighted by Gasteiger charge is 2.60. The topological polar surface area (TPSA) is 26.3 Å². The lowest BCUT2D eigenvalue weighted by atomic mass is 9.75. The molecule has 0 aromatic carbocycles. The highest BCUT2D eigenvalue weighted by atomic mass is 16.5. The van der Waals surface area contributed by atoms with Crippen LogP contribution in [-0.4, -0.2) is 12.6 Å². The summed E-state index contributed by atoms with van der Waals surface area (Å²) in [6.07, 6.45) is 9.30. The Labute approximate surface area is 90.7 Å². The van der Waals surface area contributed by atoms with Gasteiger partial charge in [-0.05, 0) is 43.9 Å². The van der Waals surface area contributed by atoms with Gasteiger partial charge in [0.05, 0.1) is 12.0 Å². The van der Waals surface area contributed by atoms with E-state index in [1.54, 1.807) is 0 Å². The van der Waals surface area contributed by atoms with Crippen molar-refractivity contribution in [1.82, 2.24) is 0 Å². The Balaban J connectivity index is 1.91. The van der Waals surface area contributed by atoms with Crippen molar-refractivity contribution >= 4 is 5.97 Å². The minimum atomic E-state index is -0.220. The molecule has 2 saturated carbocycles. The van der Waals surface area contributed by atoms with Crippen LogP contribution in [-0.2, 0) is 9.53 Å². The number of hydrogen-bond donors (Lipinski definition) is 0. The van der Waals surface area contributed by atoms with Crippen LogP contribution in [0.5, 0.6) is 0 Å². The molecular formula is C13H18O2. The van der Waals surface area contributed by atoms with E-state index in [9.17, 15) is 4.79 Å². The first kappa shape index (κ1) is 9.44. The van der Waals surface area contributed by atoms with Crippen LogP contribution in [0.3, 0.4) is 0 Å². The standard InChI is InChI=1S/C13H18O2/c1-2-15-12(14)13-7-6-9(8-13)10-4-3-5-11(10)13/h6-7,9-11H,2-5,8H2,1H3. The minimum absolute atomic E-state index is 0.0400. The van der Waals surface area contributed by atoms with Gasteiger partial charge in [-0.15, -0.1) is 0 Å². The third-order valence-corrected chi connectivity index (χ3v) is 4.65. The van der Waals surface area contributed by atoms with Gasteiger partial charge in [-0.2, -0.15) is 0 Å². The SMILES string of the molecule is CCOC(=O)C12C=CC(C1)C1CCCC12. The molecular weight excluding hydrogens is 188 g/mol. The summed E-state index contributed by atoms with van der Waals surface area (Å²) in [5, 5.41) is 0. The van der Waals surface area contributed by atoms with E-state index in [2.05, 4.69) is 12.2 Å². The number of carbonyl (C=O) groups excluding carboxylic acids is 1. The van der Waals surface area contributed by atoms with Crippen molar-refractivity contribution in [1.29, 1.82) is 0 Å². The summed E-state index contributed by atoms with van der Waals surface area (Å²) in [4.78, 5) is 12.1. The molecule has 2 heteroatoms. The summed E-state index contributed by atoms with van der Waals surface area (Å²) in [6.45, 7) is 2.41. The molecule has 0 aromatic rings. The van der Waals surface area contributed by atoms with E-state index in [4.69, 9.17) is 4.74 Å². The second-order valence-electron chi connectivity index (χ2n) is 5.19. The lowest BCUT2D eigenvalue weighted by molar-refractivity contribution is -0.154. The molecule has 0 spiro atoms. The molecule has 0 N–H and O–H groups in total. The van der Waals surface area contributed by atoms with Crippen LogP contribution in [0.2, 0.25) is 0 Å². The maximum absolute atomic E-state index is 12.1. The number of esters is 1. The molecule has 2 bridgehead atoms. The van der Waals surface area contributed by atoms with Crippen LogP contribution in [0.25, 0.3) is 0 Å². The molecule has 4 unspecified atom stereocenters. The van der Waals surface area contributed by atoms with Crippen LogP contribution in [0, 0.1) is 23.2 Å². The fraction of sp³-hybridized carbons (Fsp3) is 0.769. The fourth-order valence-corrected chi connectivity index (χ4v) is 4.10. The molecule has 82 valence electrons. The molecule has 2 fully saturated rings. The van der Waals surface area contributed by atoms with E-state index in [1.807, 2.05) is 6.92 Å².